The van der Waals surface area contributed by atoms with E-state index in [-0.39, 0.29) is 58.1 Å². The van der Waals surface area contributed by atoms with E-state index >= 15 is 0 Å². The van der Waals surface area contributed by atoms with E-state index in [2.05, 4.69) is 0 Å². The van der Waals surface area contributed by atoms with Crippen LogP contribution >= 0.6 is 0 Å². The van der Waals surface area contributed by atoms with Crippen molar-refractivity contribution in [3.63, 3.8) is 0 Å². The van der Waals surface area contributed by atoms with Gasteiger partial charge in [-0.1, -0.05) is 24.3 Å². The molecular weight excluding hydrogens is 582 g/mol. The molecular formula is C34H31NO10. The number of nitrogens with zero attached hydrogens (tertiary/aromatic N) is 1. The number of allylic oxidation sites excluding steroid dienone is 2. The highest BCUT2D eigenvalue weighted by atomic mass is 16.7. The van der Waals surface area contributed by atoms with E-state index in [4.69, 9.17) is 14.2 Å². The van der Waals surface area contributed by atoms with E-state index in [1.54, 1.807) is 55.1 Å². The van der Waals surface area contributed by atoms with Crippen molar-refractivity contribution < 1.29 is 49.0 Å². The zero-order valence-corrected chi connectivity index (χ0v) is 24.5. The van der Waals surface area contributed by atoms with Gasteiger partial charge in [0, 0.05) is 23.1 Å². The van der Waals surface area contributed by atoms with Gasteiger partial charge in [-0.15, -0.1) is 0 Å². The summed E-state index contributed by atoms with van der Waals surface area (Å²) in [4.78, 5) is 43.9. The van der Waals surface area contributed by atoms with Crippen LogP contribution in [0.2, 0.25) is 0 Å². The lowest BCUT2D eigenvalue weighted by atomic mass is 9.78. The van der Waals surface area contributed by atoms with Gasteiger partial charge < -0.3 is 39.5 Å². The van der Waals surface area contributed by atoms with Crippen LogP contribution in [0, 0.1) is 6.92 Å². The van der Waals surface area contributed by atoms with Crippen LogP contribution in [-0.2, 0) is 20.7 Å². The molecule has 3 aromatic rings. The number of fused-ring (bicyclic) bond motifs is 6. The minimum atomic E-state index is -1.12. The van der Waals surface area contributed by atoms with Crippen LogP contribution in [0.1, 0.15) is 69.0 Å². The van der Waals surface area contributed by atoms with Crippen LogP contribution in [-0.4, -0.2) is 73.5 Å². The van der Waals surface area contributed by atoms with Gasteiger partial charge in [0.05, 0.1) is 23.3 Å². The lowest BCUT2D eigenvalue weighted by Gasteiger charge is -2.39. The average molecular weight is 614 g/mol. The molecule has 3 heterocycles. The third-order valence-electron chi connectivity index (χ3n) is 8.91. The van der Waals surface area contributed by atoms with E-state index < -0.39 is 54.4 Å². The van der Waals surface area contributed by atoms with Gasteiger partial charge in [-0.05, 0) is 68.1 Å². The number of hydrogen-bond acceptors (Lipinski definition) is 11. The second kappa shape index (κ2) is 10.7. The number of aliphatic hydroxyl groups is 2. The third-order valence-corrected chi connectivity index (χ3v) is 8.91. The fourth-order valence-electron chi connectivity index (χ4n) is 6.74. The Morgan fingerprint density at radius 2 is 1.73 bits per heavy atom. The number of aryl methyl sites for hydroxylation is 2. The summed E-state index contributed by atoms with van der Waals surface area (Å²) in [5, 5.41) is 41.2. The van der Waals surface area contributed by atoms with Crippen LogP contribution in [0.15, 0.2) is 60.3 Å². The molecule has 0 bridgehead atoms. The quantitative estimate of drug-likeness (QED) is 0.312. The summed E-state index contributed by atoms with van der Waals surface area (Å²) >= 11 is 0. The van der Waals surface area contributed by atoms with Crippen molar-refractivity contribution in [1.29, 1.82) is 0 Å². The number of ketones is 2. The SMILES string of the molecule is Cc1cc(O)c2c(c1)C1OC(=O)[C@@H](CCc3ccc(O)cc3)N1C1=C2C(=O)c2cccc(OC3CC(O)C(O)C(C)O3)c2C1=O. The average Bonchev–Trinajstić information content (AvgIpc) is 3.33. The second-order valence-corrected chi connectivity index (χ2v) is 11.9. The molecule has 5 unspecified atom stereocenters. The van der Waals surface area contributed by atoms with Gasteiger partial charge >= 0.3 is 5.97 Å². The van der Waals surface area contributed by atoms with Crippen molar-refractivity contribution in [3.8, 4) is 17.2 Å². The zero-order valence-electron chi connectivity index (χ0n) is 24.5. The van der Waals surface area contributed by atoms with Gasteiger partial charge in [0.15, 0.2) is 5.78 Å². The minimum absolute atomic E-state index is 0.0255. The smallest absolute Gasteiger partial charge is 0.331 e. The van der Waals surface area contributed by atoms with Gasteiger partial charge in [0.2, 0.25) is 18.3 Å². The predicted molar refractivity (Wildman–Crippen MR) is 157 cm³/mol. The number of hydrogen-bond donors (Lipinski definition) is 4. The number of aliphatic hydroxyl groups excluding tert-OH is 2. The summed E-state index contributed by atoms with van der Waals surface area (Å²) in [7, 11) is 0. The van der Waals surface area contributed by atoms with Crippen LogP contribution in [0.5, 0.6) is 17.2 Å². The Hall–Kier alpha value is -4.71. The summed E-state index contributed by atoms with van der Waals surface area (Å²) in [5.74, 6) is -1.77. The highest BCUT2D eigenvalue weighted by Crippen LogP contribution is 2.52. The Labute approximate surface area is 257 Å². The highest BCUT2D eigenvalue weighted by Gasteiger charge is 2.54. The van der Waals surface area contributed by atoms with Crippen molar-refractivity contribution in [2.75, 3.05) is 0 Å². The number of esters is 1. The normalized spacial score (nSPS) is 27.0. The van der Waals surface area contributed by atoms with Crippen LogP contribution in [0.4, 0.5) is 0 Å². The lowest BCUT2D eigenvalue weighted by Crippen LogP contribution is -2.48. The van der Waals surface area contributed by atoms with Crippen LogP contribution in [0.3, 0.4) is 0 Å². The van der Waals surface area contributed by atoms with Gasteiger partial charge in [0.25, 0.3) is 0 Å². The molecule has 11 heteroatoms. The topological polar surface area (TPSA) is 163 Å². The second-order valence-electron chi connectivity index (χ2n) is 11.9. The molecule has 6 atom stereocenters. The standard InChI is InChI=1S/C34H31NO10/c1-15-12-20-26(22(37)13-15)28-29(35-21(34(42)45-33(20)35)11-8-17-6-9-18(36)10-7-17)32(41)27-19(31(28)40)4-3-5-24(27)44-25-14-23(38)30(39)16(2)43-25/h3-7,9-10,12-13,16,21,23,25,30,33,36-39H,8,11,14H2,1-2H3/t16?,21-,23?,25?,30?,33?/m1/s1. The molecule has 45 heavy (non-hydrogen) atoms. The molecule has 0 saturated carbocycles. The maximum Gasteiger partial charge on any atom is 0.331 e. The van der Waals surface area contributed by atoms with Gasteiger partial charge in [-0.25, -0.2) is 4.79 Å². The van der Waals surface area contributed by atoms with Gasteiger partial charge in [0.1, 0.15) is 35.1 Å². The molecule has 4 aliphatic rings. The minimum Gasteiger partial charge on any atom is -0.508 e. The molecule has 2 saturated heterocycles. The van der Waals surface area contributed by atoms with Gasteiger partial charge in [-0.2, -0.15) is 0 Å². The Kier molecular flexibility index (Phi) is 6.92. The van der Waals surface area contributed by atoms with Crippen molar-refractivity contribution in [1.82, 2.24) is 4.90 Å². The van der Waals surface area contributed by atoms with Gasteiger partial charge in [-0.3, -0.25) is 9.59 Å². The van der Waals surface area contributed by atoms with Crippen molar-refractivity contribution >= 4 is 23.1 Å². The molecule has 232 valence electrons. The number of carbonyl (C=O) groups excluding carboxylic acids is 3. The Morgan fingerprint density at radius 1 is 0.978 bits per heavy atom. The monoisotopic (exact) mass is 613 g/mol. The number of carbonyl (C=O) groups is 3. The molecule has 0 amide bonds. The molecule has 4 N–H and O–H groups in total. The number of rotatable bonds is 5. The fraction of sp³-hybridized carbons (Fsp3) is 0.324. The highest BCUT2D eigenvalue weighted by molar-refractivity contribution is 6.41. The van der Waals surface area contributed by atoms with Crippen molar-refractivity contribution in [3.05, 3.63) is 93.7 Å². The third kappa shape index (κ3) is 4.66. The molecule has 0 aromatic heterocycles. The first-order chi connectivity index (χ1) is 21.5. The first kappa shape index (κ1) is 29.0. The molecule has 1 aliphatic carbocycles. The van der Waals surface area contributed by atoms with E-state index in [0.717, 1.165) is 5.56 Å². The zero-order chi connectivity index (χ0) is 31.7. The summed E-state index contributed by atoms with van der Waals surface area (Å²) in [5.41, 5.74) is 1.99. The Bertz CT molecular complexity index is 1770. The van der Waals surface area contributed by atoms with Crippen LogP contribution < -0.4 is 4.74 Å². The van der Waals surface area contributed by atoms with E-state index in [1.165, 1.54) is 18.2 Å². The number of Topliss-reactive ketones (excluding diaryl/α,β-unsaturated/α-hetero) is 2. The number of benzene rings is 3. The fourth-order valence-corrected chi connectivity index (χ4v) is 6.74. The summed E-state index contributed by atoms with van der Waals surface area (Å²) < 4.78 is 17.6. The first-order valence-corrected chi connectivity index (χ1v) is 14.8. The number of ether oxygens (including phenoxy) is 3. The summed E-state index contributed by atoms with van der Waals surface area (Å²) in [6.07, 6.45) is -4.45. The number of phenolic OH excluding ortho intramolecular Hbond substituents is 2. The molecule has 0 spiro atoms. The molecule has 3 aromatic carbocycles. The van der Waals surface area contributed by atoms with E-state index in [0.29, 0.717) is 17.5 Å². The lowest BCUT2D eigenvalue weighted by molar-refractivity contribution is -0.216. The van der Waals surface area contributed by atoms with E-state index in [9.17, 15) is 34.8 Å². The molecule has 11 nitrogen and oxygen atoms in total. The predicted octanol–water partition coefficient (Wildman–Crippen LogP) is 3.30. The van der Waals surface area contributed by atoms with E-state index in [1.807, 2.05) is 0 Å². The largest absolute Gasteiger partial charge is 0.508 e. The Balaban J connectivity index is 1.33. The molecule has 3 aliphatic heterocycles. The van der Waals surface area contributed by atoms with Crippen molar-refractivity contribution in [2.24, 2.45) is 0 Å². The molecule has 2 fully saturated rings. The number of aromatic hydroxyl groups is 2. The Morgan fingerprint density at radius 3 is 2.47 bits per heavy atom. The van der Waals surface area contributed by atoms with Crippen molar-refractivity contribution in [2.45, 2.75) is 70.0 Å². The maximum atomic E-state index is 14.6. The van der Waals surface area contributed by atoms with Crippen LogP contribution in [0.25, 0.3) is 5.57 Å². The molecule has 7 rings (SSSR count). The molecule has 0 radical (unpaired) electrons. The maximum absolute atomic E-state index is 14.6. The first-order valence-electron chi connectivity index (χ1n) is 14.8. The number of phenols is 2. The summed E-state index contributed by atoms with van der Waals surface area (Å²) in [6.45, 7) is 3.36. The summed E-state index contributed by atoms with van der Waals surface area (Å²) in [6, 6.07) is 13.5.